The van der Waals surface area contributed by atoms with Crippen LogP contribution in [0.4, 0.5) is 0 Å². The molecule has 3 aliphatic rings. The van der Waals surface area contributed by atoms with Gasteiger partial charge in [-0.2, -0.15) is 0 Å². The minimum absolute atomic E-state index is 0.759. The molecule has 1 aromatic rings. The summed E-state index contributed by atoms with van der Waals surface area (Å²) >= 11 is 0. The largest absolute Gasteiger partial charge is 0.494 e. The Balaban J connectivity index is 1.97. The summed E-state index contributed by atoms with van der Waals surface area (Å²) in [6.45, 7) is 6.11. The van der Waals surface area contributed by atoms with E-state index < -0.39 is 0 Å². The predicted molar refractivity (Wildman–Crippen MR) is 120 cm³/mol. The average molecular weight is 407 g/mol. The fourth-order valence-electron chi connectivity index (χ4n) is 4.41. The standard InChI is InChI=1S/C25H30N2O3/c1-6-7-11-26-24-20-15-27-12-10-17-13-22(29-4)23(30-5)14-19(17)25(27)16(2)18(20)8-9-21(24)28-3/h8-9,13-15H,6-7,10-12H2,1-5H3. The molecule has 30 heavy (non-hydrogen) atoms. The van der Waals surface area contributed by atoms with Crippen molar-refractivity contribution in [3.05, 3.63) is 46.9 Å². The number of benzene rings is 2. The van der Waals surface area contributed by atoms with Crippen LogP contribution in [0.15, 0.2) is 35.5 Å². The van der Waals surface area contributed by atoms with Crippen molar-refractivity contribution in [1.82, 2.24) is 4.57 Å². The van der Waals surface area contributed by atoms with Gasteiger partial charge in [0.05, 0.1) is 27.0 Å². The van der Waals surface area contributed by atoms with Gasteiger partial charge in [-0.25, -0.2) is 0 Å². The monoisotopic (exact) mass is 406 g/mol. The Kier molecular flexibility index (Phi) is 5.71. The highest BCUT2D eigenvalue weighted by Gasteiger charge is 2.24. The van der Waals surface area contributed by atoms with E-state index in [1.54, 1.807) is 21.3 Å². The first-order chi connectivity index (χ1) is 14.6. The molecule has 1 aliphatic carbocycles. The second-order valence-electron chi connectivity index (χ2n) is 7.72. The van der Waals surface area contributed by atoms with E-state index >= 15 is 0 Å². The van der Waals surface area contributed by atoms with Crippen LogP contribution in [0.5, 0.6) is 17.2 Å². The highest BCUT2D eigenvalue weighted by molar-refractivity contribution is 5.81. The maximum Gasteiger partial charge on any atom is 0.161 e. The molecule has 5 heteroatoms. The molecule has 0 fully saturated rings. The van der Waals surface area contributed by atoms with Gasteiger partial charge in [-0.05, 0) is 54.7 Å². The van der Waals surface area contributed by atoms with Gasteiger partial charge in [-0.1, -0.05) is 19.4 Å². The molecule has 158 valence electrons. The molecule has 2 aliphatic heterocycles. The van der Waals surface area contributed by atoms with Crippen LogP contribution in [-0.4, -0.2) is 32.4 Å². The summed E-state index contributed by atoms with van der Waals surface area (Å²) < 4.78 is 19.1. The van der Waals surface area contributed by atoms with E-state index in [2.05, 4.69) is 42.8 Å². The molecule has 0 spiro atoms. The number of aryl methyl sites for hydroxylation is 2. The van der Waals surface area contributed by atoms with E-state index in [-0.39, 0.29) is 0 Å². The molecule has 4 rings (SSSR count). The second kappa shape index (κ2) is 8.42. The molecule has 0 saturated heterocycles. The van der Waals surface area contributed by atoms with E-state index in [4.69, 9.17) is 19.2 Å². The summed E-state index contributed by atoms with van der Waals surface area (Å²) in [7, 11) is 5.09. The fraction of sp³-hybridized carbons (Fsp3) is 0.400. The Morgan fingerprint density at radius 2 is 1.67 bits per heavy atom. The Hall–Kier alpha value is -2.95. The zero-order valence-electron chi connectivity index (χ0n) is 18.5. The van der Waals surface area contributed by atoms with Crippen LogP contribution in [-0.2, 0) is 13.0 Å². The lowest BCUT2D eigenvalue weighted by Gasteiger charge is -2.28. The normalized spacial score (nSPS) is 13.2. The molecular weight excluding hydrogens is 376 g/mol. The summed E-state index contributed by atoms with van der Waals surface area (Å²) in [5.74, 6) is 2.38. The minimum atomic E-state index is 0.759. The number of ether oxygens (including phenoxy) is 3. The van der Waals surface area contributed by atoms with E-state index in [1.165, 1.54) is 27.9 Å². The van der Waals surface area contributed by atoms with Gasteiger partial charge in [-0.3, -0.25) is 4.99 Å². The maximum absolute atomic E-state index is 5.65. The lowest BCUT2D eigenvalue weighted by atomic mass is 9.89. The third-order valence-electron chi connectivity index (χ3n) is 6.00. The molecule has 0 aromatic heterocycles. The first-order valence-electron chi connectivity index (χ1n) is 10.6. The molecule has 0 saturated carbocycles. The maximum atomic E-state index is 5.65. The first-order valence-corrected chi connectivity index (χ1v) is 10.6. The molecule has 1 aromatic carbocycles. The van der Waals surface area contributed by atoms with E-state index in [9.17, 15) is 0 Å². The minimum Gasteiger partial charge on any atom is -0.494 e. The molecule has 0 N–H and O–H groups in total. The smallest absolute Gasteiger partial charge is 0.161 e. The van der Waals surface area contributed by atoms with Gasteiger partial charge < -0.3 is 18.8 Å². The highest BCUT2D eigenvalue weighted by Crippen LogP contribution is 2.42. The first kappa shape index (κ1) is 20.3. The number of hydrogen-bond acceptors (Lipinski definition) is 4. The van der Waals surface area contributed by atoms with Crippen molar-refractivity contribution in [2.75, 3.05) is 27.9 Å². The van der Waals surface area contributed by atoms with Crippen LogP contribution in [0.1, 0.15) is 30.9 Å². The predicted octanol–water partition coefficient (Wildman–Crippen LogP) is 4.85. The quantitative estimate of drug-likeness (QED) is 0.550. The van der Waals surface area contributed by atoms with Crippen molar-refractivity contribution >= 4 is 0 Å². The number of nitrogens with zero attached hydrogens (tertiary/aromatic N) is 2. The van der Waals surface area contributed by atoms with Crippen LogP contribution in [0.2, 0.25) is 0 Å². The molecule has 0 radical (unpaired) electrons. The van der Waals surface area contributed by atoms with Gasteiger partial charge in [0.15, 0.2) is 11.5 Å². The Bertz CT molecular complexity index is 1110. The third kappa shape index (κ3) is 3.32. The number of aromatic nitrogens is 1. The molecule has 5 nitrogen and oxygen atoms in total. The molecule has 0 unspecified atom stereocenters. The van der Waals surface area contributed by atoms with E-state index in [0.29, 0.717) is 0 Å². The van der Waals surface area contributed by atoms with Gasteiger partial charge >= 0.3 is 0 Å². The van der Waals surface area contributed by atoms with Gasteiger partial charge in [0.2, 0.25) is 0 Å². The van der Waals surface area contributed by atoms with Crippen LogP contribution >= 0.6 is 0 Å². The Morgan fingerprint density at radius 3 is 2.37 bits per heavy atom. The summed E-state index contributed by atoms with van der Waals surface area (Å²) in [6, 6.07) is 8.41. The second-order valence-corrected chi connectivity index (χ2v) is 7.72. The van der Waals surface area contributed by atoms with Crippen LogP contribution in [0, 0.1) is 6.92 Å². The topological polar surface area (TPSA) is 45.0 Å². The zero-order chi connectivity index (χ0) is 21.3. The molecule has 0 atom stereocenters. The molecule has 2 heterocycles. The van der Waals surface area contributed by atoms with Crippen molar-refractivity contribution in [2.24, 2.45) is 4.99 Å². The van der Waals surface area contributed by atoms with Crippen molar-refractivity contribution in [2.45, 2.75) is 39.7 Å². The Labute approximate surface area is 178 Å². The van der Waals surface area contributed by atoms with Crippen LogP contribution < -0.4 is 19.6 Å². The zero-order valence-corrected chi connectivity index (χ0v) is 18.5. The van der Waals surface area contributed by atoms with Crippen molar-refractivity contribution < 1.29 is 14.2 Å². The average Bonchev–Trinajstić information content (AvgIpc) is 2.78. The number of hydrogen-bond donors (Lipinski definition) is 0. The highest BCUT2D eigenvalue weighted by atomic mass is 16.5. The Morgan fingerprint density at radius 1 is 0.933 bits per heavy atom. The number of rotatable bonds is 6. The lowest BCUT2D eigenvalue weighted by molar-refractivity contribution is 0.354. The summed E-state index contributed by atoms with van der Waals surface area (Å²) in [4.78, 5) is 4.90. The van der Waals surface area contributed by atoms with Crippen molar-refractivity contribution in [3.8, 4) is 39.6 Å². The lowest BCUT2D eigenvalue weighted by Crippen LogP contribution is -2.20. The van der Waals surface area contributed by atoms with Crippen LogP contribution in [0.3, 0.4) is 0 Å². The number of fused-ring (bicyclic) bond motifs is 4. The SMILES string of the molecule is CCCCN=c1c(OC)ccc2c(C)c3n(cc1-2)CCc1cc(OC)c(OC)cc1-3. The van der Waals surface area contributed by atoms with Gasteiger partial charge in [0.1, 0.15) is 11.1 Å². The summed E-state index contributed by atoms with van der Waals surface area (Å²) in [5.41, 5.74) is 7.33. The van der Waals surface area contributed by atoms with Gasteiger partial charge in [0.25, 0.3) is 0 Å². The summed E-state index contributed by atoms with van der Waals surface area (Å²) in [5, 5.41) is 0.958. The molecule has 0 bridgehead atoms. The molecule has 0 amide bonds. The fourth-order valence-corrected chi connectivity index (χ4v) is 4.41. The third-order valence-corrected chi connectivity index (χ3v) is 6.00. The van der Waals surface area contributed by atoms with Crippen molar-refractivity contribution in [1.29, 1.82) is 0 Å². The number of pyridine rings is 1. The molecular formula is C25H30N2O3. The van der Waals surface area contributed by atoms with Crippen LogP contribution in [0.25, 0.3) is 22.4 Å². The number of unbranched alkanes of at least 4 members (excludes halogenated alkanes) is 1. The van der Waals surface area contributed by atoms with Crippen molar-refractivity contribution in [3.63, 3.8) is 0 Å². The van der Waals surface area contributed by atoms with Gasteiger partial charge in [0, 0.05) is 30.4 Å². The van der Waals surface area contributed by atoms with Gasteiger partial charge in [-0.15, -0.1) is 0 Å². The van der Waals surface area contributed by atoms with E-state index in [1.807, 2.05) is 6.07 Å². The van der Waals surface area contributed by atoms with E-state index in [0.717, 1.165) is 60.5 Å². The summed E-state index contributed by atoms with van der Waals surface area (Å²) in [6.07, 6.45) is 5.39. The number of methoxy groups -OCH3 is 3.